The Labute approximate surface area is 174 Å². The van der Waals surface area contributed by atoms with E-state index in [2.05, 4.69) is 37.2 Å². The molecule has 0 bridgehead atoms. The smallest absolute Gasteiger partial charge is 0.224 e. The summed E-state index contributed by atoms with van der Waals surface area (Å²) >= 11 is 19.1. The van der Waals surface area contributed by atoms with Crippen molar-refractivity contribution in [3.63, 3.8) is 0 Å². The predicted octanol–water partition coefficient (Wildman–Crippen LogP) is 6.93. The molecule has 3 nitrogen and oxygen atoms in total. The number of carbonyl (C=O) groups excluding carboxylic acids is 1. The SMILES string of the molecule is Cc1cc(OCCCC(=O)Nc2ccc(Br)cc2Cl)c(Br)c(C)c1Cl. The zero-order valence-electron chi connectivity index (χ0n) is 13.8. The second-order valence-corrected chi connectivity index (χ2v) is 8.06. The lowest BCUT2D eigenvalue weighted by Crippen LogP contribution is -2.13. The van der Waals surface area contributed by atoms with Crippen molar-refractivity contribution in [2.75, 3.05) is 11.9 Å². The lowest BCUT2D eigenvalue weighted by molar-refractivity contribution is -0.116. The second-order valence-electron chi connectivity index (χ2n) is 5.57. The van der Waals surface area contributed by atoms with Crippen molar-refractivity contribution in [1.29, 1.82) is 0 Å². The van der Waals surface area contributed by atoms with Crippen LogP contribution in [-0.4, -0.2) is 12.5 Å². The van der Waals surface area contributed by atoms with Gasteiger partial charge >= 0.3 is 0 Å². The number of benzene rings is 2. The monoisotopic (exact) mass is 507 g/mol. The van der Waals surface area contributed by atoms with Crippen LogP contribution < -0.4 is 10.1 Å². The molecular weight excluding hydrogens is 493 g/mol. The predicted molar refractivity (Wildman–Crippen MR) is 111 cm³/mol. The quantitative estimate of drug-likeness (QED) is 0.429. The fraction of sp³-hybridized carbons (Fsp3) is 0.278. The molecule has 0 saturated heterocycles. The van der Waals surface area contributed by atoms with E-state index >= 15 is 0 Å². The van der Waals surface area contributed by atoms with Crippen LogP contribution in [0.25, 0.3) is 0 Å². The van der Waals surface area contributed by atoms with Gasteiger partial charge in [0.1, 0.15) is 5.75 Å². The van der Waals surface area contributed by atoms with Gasteiger partial charge < -0.3 is 10.1 Å². The van der Waals surface area contributed by atoms with E-state index in [-0.39, 0.29) is 5.91 Å². The number of rotatable bonds is 6. The van der Waals surface area contributed by atoms with E-state index in [1.54, 1.807) is 12.1 Å². The van der Waals surface area contributed by atoms with Crippen molar-refractivity contribution in [3.8, 4) is 5.75 Å². The molecule has 25 heavy (non-hydrogen) atoms. The van der Waals surface area contributed by atoms with Crippen LogP contribution in [0.4, 0.5) is 5.69 Å². The average Bonchev–Trinajstić information content (AvgIpc) is 2.56. The van der Waals surface area contributed by atoms with Gasteiger partial charge in [-0.2, -0.15) is 0 Å². The molecule has 0 saturated carbocycles. The number of hydrogen-bond donors (Lipinski definition) is 1. The number of carbonyl (C=O) groups is 1. The van der Waals surface area contributed by atoms with E-state index in [4.69, 9.17) is 27.9 Å². The lowest BCUT2D eigenvalue weighted by Gasteiger charge is -2.13. The van der Waals surface area contributed by atoms with Gasteiger partial charge in [-0.1, -0.05) is 39.1 Å². The second kappa shape index (κ2) is 9.26. The van der Waals surface area contributed by atoms with Crippen molar-refractivity contribution in [3.05, 3.63) is 54.4 Å². The summed E-state index contributed by atoms with van der Waals surface area (Å²) in [7, 11) is 0. The van der Waals surface area contributed by atoms with Gasteiger partial charge in [-0.25, -0.2) is 0 Å². The Morgan fingerprint density at radius 3 is 2.60 bits per heavy atom. The molecule has 134 valence electrons. The fourth-order valence-corrected chi connectivity index (χ4v) is 3.63. The molecule has 1 amide bonds. The topological polar surface area (TPSA) is 38.3 Å². The summed E-state index contributed by atoms with van der Waals surface area (Å²) in [5, 5.41) is 4.02. The van der Waals surface area contributed by atoms with Crippen molar-refractivity contribution in [1.82, 2.24) is 0 Å². The Kier molecular flexibility index (Phi) is 7.62. The van der Waals surface area contributed by atoms with Crippen molar-refractivity contribution in [2.45, 2.75) is 26.7 Å². The van der Waals surface area contributed by atoms with Gasteiger partial charge in [-0.15, -0.1) is 0 Å². The van der Waals surface area contributed by atoms with Gasteiger partial charge in [0, 0.05) is 15.9 Å². The van der Waals surface area contributed by atoms with Gasteiger partial charge in [-0.05, 0) is 71.6 Å². The summed E-state index contributed by atoms with van der Waals surface area (Å²) in [4.78, 5) is 12.0. The first-order chi connectivity index (χ1) is 11.8. The molecule has 0 atom stereocenters. The molecule has 0 radical (unpaired) electrons. The van der Waals surface area contributed by atoms with E-state index in [9.17, 15) is 4.79 Å². The summed E-state index contributed by atoms with van der Waals surface area (Å²) in [5.41, 5.74) is 2.50. The van der Waals surface area contributed by atoms with E-state index < -0.39 is 0 Å². The third-order valence-corrected chi connectivity index (χ3v) is 5.95. The van der Waals surface area contributed by atoms with Crippen LogP contribution in [-0.2, 0) is 4.79 Å². The fourth-order valence-electron chi connectivity index (χ4n) is 2.22. The normalized spacial score (nSPS) is 10.6. The number of ether oxygens (including phenoxy) is 1. The molecule has 0 aromatic heterocycles. The molecule has 2 aromatic rings. The first-order valence-electron chi connectivity index (χ1n) is 7.62. The highest BCUT2D eigenvalue weighted by molar-refractivity contribution is 9.10. The minimum atomic E-state index is -0.102. The first kappa shape index (κ1) is 20.6. The van der Waals surface area contributed by atoms with Crippen molar-refractivity contribution < 1.29 is 9.53 Å². The number of halogens is 4. The lowest BCUT2D eigenvalue weighted by atomic mass is 10.1. The molecule has 7 heteroatoms. The summed E-state index contributed by atoms with van der Waals surface area (Å²) in [5.74, 6) is 0.631. The van der Waals surface area contributed by atoms with Crippen LogP contribution in [0.1, 0.15) is 24.0 Å². The molecule has 0 aliphatic heterocycles. The van der Waals surface area contributed by atoms with Crippen LogP contribution in [0, 0.1) is 13.8 Å². The van der Waals surface area contributed by atoms with Crippen molar-refractivity contribution >= 4 is 66.7 Å². The first-order valence-corrected chi connectivity index (χ1v) is 9.96. The Morgan fingerprint density at radius 1 is 1.20 bits per heavy atom. The maximum absolute atomic E-state index is 12.0. The van der Waals surface area contributed by atoms with Gasteiger partial charge in [0.15, 0.2) is 0 Å². The molecule has 0 aliphatic carbocycles. The zero-order valence-corrected chi connectivity index (χ0v) is 18.4. The summed E-state index contributed by atoms with van der Waals surface area (Å²) in [6.45, 7) is 4.30. The van der Waals surface area contributed by atoms with Gasteiger partial charge in [0.25, 0.3) is 0 Å². The number of hydrogen-bond acceptors (Lipinski definition) is 2. The molecule has 0 spiro atoms. The summed E-state index contributed by atoms with van der Waals surface area (Å²) in [6.07, 6.45) is 0.933. The van der Waals surface area contributed by atoms with Crippen LogP contribution in [0.5, 0.6) is 5.75 Å². The minimum Gasteiger partial charge on any atom is -0.492 e. The van der Waals surface area contributed by atoms with Crippen LogP contribution in [0.2, 0.25) is 10.0 Å². The highest BCUT2D eigenvalue weighted by atomic mass is 79.9. The third kappa shape index (κ3) is 5.61. The molecule has 0 unspecified atom stereocenters. The maximum Gasteiger partial charge on any atom is 0.224 e. The molecular formula is C18H17Br2Cl2NO2. The summed E-state index contributed by atoms with van der Waals surface area (Å²) in [6, 6.07) is 7.22. The van der Waals surface area contributed by atoms with Gasteiger partial charge in [0.2, 0.25) is 5.91 Å². The molecule has 0 heterocycles. The van der Waals surface area contributed by atoms with E-state index in [1.807, 2.05) is 26.0 Å². The van der Waals surface area contributed by atoms with Gasteiger partial charge in [-0.3, -0.25) is 4.79 Å². The Hall–Kier alpha value is -0.750. The molecule has 2 rings (SSSR count). The zero-order chi connectivity index (χ0) is 18.6. The Bertz CT molecular complexity index is 797. The number of aryl methyl sites for hydroxylation is 1. The van der Waals surface area contributed by atoms with E-state index in [0.717, 1.165) is 30.8 Å². The summed E-state index contributed by atoms with van der Waals surface area (Å²) < 4.78 is 7.48. The molecule has 1 N–H and O–H groups in total. The number of nitrogens with one attached hydrogen (secondary N) is 1. The largest absolute Gasteiger partial charge is 0.492 e. The van der Waals surface area contributed by atoms with Crippen molar-refractivity contribution in [2.24, 2.45) is 0 Å². The van der Waals surface area contributed by atoms with Crippen LogP contribution in [0.3, 0.4) is 0 Å². The molecule has 0 fully saturated rings. The number of anilines is 1. The highest BCUT2D eigenvalue weighted by Crippen LogP contribution is 2.35. The number of amides is 1. The minimum absolute atomic E-state index is 0.102. The van der Waals surface area contributed by atoms with Crippen LogP contribution in [0.15, 0.2) is 33.2 Å². The van der Waals surface area contributed by atoms with Crippen LogP contribution >= 0.6 is 55.1 Å². The van der Waals surface area contributed by atoms with Gasteiger partial charge in [0.05, 0.1) is 21.8 Å². The van der Waals surface area contributed by atoms with E-state index in [1.165, 1.54) is 0 Å². The third-order valence-electron chi connectivity index (χ3n) is 3.58. The Morgan fingerprint density at radius 2 is 1.92 bits per heavy atom. The highest BCUT2D eigenvalue weighted by Gasteiger charge is 2.11. The molecule has 0 aliphatic rings. The molecule has 2 aromatic carbocycles. The maximum atomic E-state index is 12.0. The Balaban J connectivity index is 1.84. The average molecular weight is 510 g/mol. The standard InChI is InChI=1S/C18H17Br2Cl2NO2/c1-10-8-15(17(20)11(2)18(10)22)25-7-3-4-16(24)23-14-6-5-12(19)9-13(14)21/h5-6,8-9H,3-4,7H2,1-2H3,(H,23,24). The van der Waals surface area contributed by atoms with E-state index in [0.29, 0.717) is 30.2 Å².